The molecule has 0 aliphatic carbocycles. The fraction of sp³-hybridized carbons (Fsp3) is 0.500. The van der Waals surface area contributed by atoms with Gasteiger partial charge in [-0.15, -0.1) is 0 Å². The lowest BCUT2D eigenvalue weighted by molar-refractivity contribution is -0.357. The molecule has 15 heteroatoms. The number of methoxy groups -OCH3 is 1. The highest BCUT2D eigenvalue weighted by molar-refractivity contribution is 5.87. The number of hydrogen-bond acceptors (Lipinski definition) is 15. The molecule has 2 aliphatic rings. The Morgan fingerprint density at radius 3 is 2.29 bits per heavy atom. The van der Waals surface area contributed by atoms with Gasteiger partial charge in [0.1, 0.15) is 49.3 Å². The van der Waals surface area contributed by atoms with Crippen molar-refractivity contribution in [3.8, 4) is 23.0 Å². The van der Waals surface area contributed by atoms with Gasteiger partial charge in [-0.2, -0.15) is 0 Å². The highest BCUT2D eigenvalue weighted by atomic mass is 16.7. The number of aliphatic hydroxyl groups excluding tert-OH is 5. The van der Waals surface area contributed by atoms with Gasteiger partial charge in [0.25, 0.3) is 0 Å². The number of rotatable bonds is 11. The molecule has 2 aromatic carbocycles. The lowest BCUT2D eigenvalue weighted by Crippen LogP contribution is -2.64. The number of carbonyl (C=O) groups is 1. The zero-order valence-electron chi connectivity index (χ0n) is 24.4. The van der Waals surface area contributed by atoms with E-state index in [0.29, 0.717) is 11.1 Å². The van der Waals surface area contributed by atoms with Crippen molar-refractivity contribution >= 4 is 12.0 Å². The summed E-state index contributed by atoms with van der Waals surface area (Å²) < 4.78 is 32.9. The predicted molar refractivity (Wildman–Crippen MR) is 152 cm³/mol. The van der Waals surface area contributed by atoms with Gasteiger partial charge >= 0.3 is 5.97 Å². The Morgan fingerprint density at radius 1 is 0.844 bits per heavy atom. The van der Waals surface area contributed by atoms with Gasteiger partial charge in [-0.3, -0.25) is 0 Å². The van der Waals surface area contributed by atoms with E-state index in [4.69, 9.17) is 28.4 Å². The molecule has 0 unspecified atom stereocenters. The minimum absolute atomic E-state index is 0.0649. The zero-order chi connectivity index (χ0) is 32.8. The third-order valence-electron chi connectivity index (χ3n) is 7.46. The summed E-state index contributed by atoms with van der Waals surface area (Å²) in [5.74, 6) is -1.32. The van der Waals surface area contributed by atoms with E-state index in [1.807, 2.05) is 0 Å². The SMILES string of the molecule is COc1cc(C=CC(=O)OC[C@H]2O[C@@H](OCCc3ccc(O)c(O)c3)[C@H](O)[C@@H](O[C@H]3O[C@@H](C)[C@H](O)[C@@H](O)[C@H]3O)[C@@H]2O)ccc1O. The van der Waals surface area contributed by atoms with E-state index in [9.17, 15) is 45.6 Å². The second-order valence-electron chi connectivity index (χ2n) is 10.6. The van der Waals surface area contributed by atoms with Crippen LogP contribution in [0.1, 0.15) is 18.1 Å². The van der Waals surface area contributed by atoms with Crippen LogP contribution in [-0.4, -0.2) is 129 Å². The van der Waals surface area contributed by atoms with Crippen LogP contribution in [0.3, 0.4) is 0 Å². The van der Waals surface area contributed by atoms with Gasteiger partial charge in [0.15, 0.2) is 35.6 Å². The topological polar surface area (TPSA) is 234 Å². The van der Waals surface area contributed by atoms with Crippen LogP contribution < -0.4 is 4.74 Å². The van der Waals surface area contributed by atoms with Crippen LogP contribution in [-0.2, 0) is 34.9 Å². The van der Waals surface area contributed by atoms with E-state index in [-0.39, 0.29) is 36.0 Å². The highest BCUT2D eigenvalue weighted by Crippen LogP contribution is 2.31. The van der Waals surface area contributed by atoms with Crippen molar-refractivity contribution in [1.82, 2.24) is 0 Å². The molecule has 248 valence electrons. The van der Waals surface area contributed by atoms with Crippen molar-refractivity contribution in [1.29, 1.82) is 0 Å². The molecule has 0 saturated carbocycles. The van der Waals surface area contributed by atoms with Crippen LogP contribution >= 0.6 is 0 Å². The summed E-state index contributed by atoms with van der Waals surface area (Å²) in [4.78, 5) is 12.5. The molecule has 0 bridgehead atoms. The second-order valence-corrected chi connectivity index (χ2v) is 10.6. The highest BCUT2D eigenvalue weighted by Gasteiger charge is 2.50. The molecule has 2 saturated heterocycles. The van der Waals surface area contributed by atoms with Gasteiger partial charge in [-0.25, -0.2) is 4.79 Å². The standard InChI is InChI=1S/C30H38O15/c1-14-23(35)25(37)26(38)30(43-14)45-28-24(36)21(13-42-22(34)8-5-15-4-7-18(32)20(12-15)40-2)44-29(27(28)39)41-10-9-16-3-6-17(31)19(33)11-16/h3-8,11-12,14,21,23-33,35-39H,9-10,13H2,1-2H3/t14-,21+,23-,24+,25+,26+,27+,28-,29+,30+/m0/s1. The van der Waals surface area contributed by atoms with Crippen LogP contribution in [0.15, 0.2) is 42.5 Å². The Morgan fingerprint density at radius 2 is 1.58 bits per heavy atom. The molecule has 0 amide bonds. The Kier molecular flexibility index (Phi) is 11.6. The van der Waals surface area contributed by atoms with Gasteiger partial charge < -0.3 is 69.3 Å². The summed E-state index contributed by atoms with van der Waals surface area (Å²) in [6.07, 6.45) is -12.2. The Hall–Kier alpha value is -3.51. The number of phenolic OH excluding ortho intramolecular Hbond substituents is 3. The quantitative estimate of drug-likeness (QED) is 0.0862. The van der Waals surface area contributed by atoms with E-state index in [0.717, 1.165) is 6.08 Å². The van der Waals surface area contributed by atoms with Gasteiger partial charge in [0, 0.05) is 6.08 Å². The van der Waals surface area contributed by atoms with E-state index in [2.05, 4.69) is 0 Å². The maximum absolute atomic E-state index is 12.5. The molecule has 2 heterocycles. The van der Waals surface area contributed by atoms with Crippen molar-refractivity contribution in [2.45, 2.75) is 74.8 Å². The first kappa shape index (κ1) is 34.4. The smallest absolute Gasteiger partial charge is 0.330 e. The number of aliphatic hydroxyl groups is 5. The molecule has 0 spiro atoms. The van der Waals surface area contributed by atoms with Crippen LogP contribution in [0.4, 0.5) is 0 Å². The molecule has 0 radical (unpaired) electrons. The first-order chi connectivity index (χ1) is 21.4. The van der Waals surface area contributed by atoms with Gasteiger partial charge in [-0.1, -0.05) is 12.1 Å². The van der Waals surface area contributed by atoms with Crippen molar-refractivity contribution in [2.24, 2.45) is 0 Å². The normalized spacial score (nSPS) is 32.0. The zero-order valence-corrected chi connectivity index (χ0v) is 24.4. The summed E-state index contributed by atoms with van der Waals surface area (Å²) >= 11 is 0. The molecule has 4 rings (SSSR count). The Bertz CT molecular complexity index is 1320. The Labute approximate surface area is 258 Å². The summed E-state index contributed by atoms with van der Waals surface area (Å²) in [7, 11) is 1.38. The minimum Gasteiger partial charge on any atom is -0.504 e. The average Bonchev–Trinajstić information content (AvgIpc) is 3.02. The largest absolute Gasteiger partial charge is 0.504 e. The monoisotopic (exact) mass is 638 g/mol. The fourth-order valence-corrected chi connectivity index (χ4v) is 4.81. The summed E-state index contributed by atoms with van der Waals surface area (Å²) in [6, 6.07) is 8.61. The van der Waals surface area contributed by atoms with Crippen molar-refractivity contribution in [3.63, 3.8) is 0 Å². The van der Waals surface area contributed by atoms with E-state index in [1.165, 1.54) is 44.4 Å². The average molecular weight is 639 g/mol. The third-order valence-corrected chi connectivity index (χ3v) is 7.46. The van der Waals surface area contributed by atoms with Crippen molar-refractivity contribution in [3.05, 3.63) is 53.6 Å². The molecular weight excluding hydrogens is 600 g/mol. The molecule has 2 aliphatic heterocycles. The molecule has 2 aromatic rings. The lowest BCUT2D eigenvalue weighted by Gasteiger charge is -2.45. The molecule has 8 N–H and O–H groups in total. The van der Waals surface area contributed by atoms with Crippen molar-refractivity contribution < 1.29 is 74.1 Å². The first-order valence-electron chi connectivity index (χ1n) is 14.1. The molecule has 0 aromatic heterocycles. The first-order valence-corrected chi connectivity index (χ1v) is 14.1. The summed E-state index contributed by atoms with van der Waals surface area (Å²) in [5.41, 5.74) is 1.11. The van der Waals surface area contributed by atoms with E-state index < -0.39 is 74.0 Å². The van der Waals surface area contributed by atoms with E-state index >= 15 is 0 Å². The number of esters is 1. The number of benzene rings is 2. The number of carbonyl (C=O) groups excluding carboxylic acids is 1. The molecule has 45 heavy (non-hydrogen) atoms. The molecule has 2 fully saturated rings. The van der Waals surface area contributed by atoms with Crippen LogP contribution in [0, 0.1) is 0 Å². The maximum atomic E-state index is 12.5. The number of aromatic hydroxyl groups is 3. The fourth-order valence-electron chi connectivity index (χ4n) is 4.81. The molecule has 15 nitrogen and oxygen atoms in total. The van der Waals surface area contributed by atoms with Crippen LogP contribution in [0.5, 0.6) is 23.0 Å². The Balaban J connectivity index is 1.44. The molecular formula is C30H38O15. The number of ether oxygens (including phenoxy) is 6. The minimum atomic E-state index is -1.74. The van der Waals surface area contributed by atoms with Gasteiger partial charge in [0.05, 0.1) is 19.8 Å². The predicted octanol–water partition coefficient (Wildman–Crippen LogP) is -0.713. The van der Waals surface area contributed by atoms with Crippen molar-refractivity contribution in [2.75, 3.05) is 20.3 Å². The van der Waals surface area contributed by atoms with Gasteiger partial charge in [0.2, 0.25) is 0 Å². The maximum Gasteiger partial charge on any atom is 0.330 e. The second kappa shape index (κ2) is 15.2. The van der Waals surface area contributed by atoms with E-state index in [1.54, 1.807) is 12.1 Å². The summed E-state index contributed by atoms with van der Waals surface area (Å²) in [6.45, 7) is 0.849. The summed E-state index contributed by atoms with van der Waals surface area (Å²) in [5, 5.41) is 81.7. The van der Waals surface area contributed by atoms with Gasteiger partial charge in [-0.05, 0) is 54.8 Å². The lowest BCUT2D eigenvalue weighted by atomic mass is 9.97. The third kappa shape index (κ3) is 8.40. The molecule has 10 atom stereocenters. The number of phenols is 3. The van der Waals surface area contributed by atoms with Crippen LogP contribution in [0.25, 0.3) is 6.08 Å². The number of hydrogen-bond donors (Lipinski definition) is 8. The van der Waals surface area contributed by atoms with Crippen LogP contribution in [0.2, 0.25) is 0 Å².